The molecule has 0 bridgehead atoms. The van der Waals surface area contributed by atoms with Crippen molar-refractivity contribution in [3.63, 3.8) is 0 Å². The second-order valence-corrected chi connectivity index (χ2v) is 3.96. The standard InChI is InChI=1S/C13H15FN4O/c1-2-18-12(6-7-16-18)9-15-13(19)17-11-5-3-4-10(14)8-11/h3-8H,2,9H2,1H3,(H2,15,17,19). The van der Waals surface area contributed by atoms with Gasteiger partial charge in [0, 0.05) is 18.4 Å². The number of urea groups is 1. The molecule has 2 rings (SSSR count). The molecule has 0 spiro atoms. The Bertz CT molecular complexity index is 567. The minimum Gasteiger partial charge on any atom is -0.332 e. The highest BCUT2D eigenvalue weighted by atomic mass is 19.1. The summed E-state index contributed by atoms with van der Waals surface area (Å²) >= 11 is 0. The number of amides is 2. The van der Waals surface area contributed by atoms with E-state index in [1.807, 2.05) is 13.0 Å². The number of carbonyl (C=O) groups excluding carboxylic acids is 1. The van der Waals surface area contributed by atoms with Gasteiger partial charge in [0.2, 0.25) is 0 Å². The number of aromatic nitrogens is 2. The van der Waals surface area contributed by atoms with Gasteiger partial charge in [-0.1, -0.05) is 6.07 Å². The molecule has 1 aromatic carbocycles. The fourth-order valence-corrected chi connectivity index (χ4v) is 1.71. The van der Waals surface area contributed by atoms with Gasteiger partial charge in [0.25, 0.3) is 0 Å². The van der Waals surface area contributed by atoms with Crippen LogP contribution in [-0.4, -0.2) is 15.8 Å². The Kier molecular flexibility index (Phi) is 4.12. The number of aryl methyl sites for hydroxylation is 1. The maximum Gasteiger partial charge on any atom is 0.319 e. The first-order chi connectivity index (χ1) is 9.19. The Balaban J connectivity index is 1.88. The van der Waals surface area contributed by atoms with E-state index < -0.39 is 0 Å². The number of hydrogen-bond donors (Lipinski definition) is 2. The largest absolute Gasteiger partial charge is 0.332 e. The minimum absolute atomic E-state index is 0.370. The van der Waals surface area contributed by atoms with E-state index in [1.54, 1.807) is 16.9 Å². The summed E-state index contributed by atoms with van der Waals surface area (Å²) in [5.41, 5.74) is 1.33. The molecule has 0 aliphatic heterocycles. The van der Waals surface area contributed by atoms with Gasteiger partial charge in [-0.05, 0) is 31.2 Å². The molecule has 2 N–H and O–H groups in total. The van der Waals surface area contributed by atoms with Crippen molar-refractivity contribution in [2.24, 2.45) is 0 Å². The maximum absolute atomic E-state index is 12.9. The molecule has 1 aromatic heterocycles. The van der Waals surface area contributed by atoms with Crippen LogP contribution in [0.25, 0.3) is 0 Å². The van der Waals surface area contributed by atoms with Gasteiger partial charge in [0.1, 0.15) is 5.82 Å². The predicted molar refractivity (Wildman–Crippen MR) is 70.2 cm³/mol. The van der Waals surface area contributed by atoms with E-state index >= 15 is 0 Å². The van der Waals surface area contributed by atoms with Gasteiger partial charge in [-0.15, -0.1) is 0 Å². The van der Waals surface area contributed by atoms with Crippen molar-refractivity contribution >= 4 is 11.7 Å². The van der Waals surface area contributed by atoms with E-state index in [1.165, 1.54) is 18.2 Å². The van der Waals surface area contributed by atoms with Crippen LogP contribution in [0.15, 0.2) is 36.5 Å². The first kappa shape index (κ1) is 13.1. The second-order valence-electron chi connectivity index (χ2n) is 3.96. The normalized spacial score (nSPS) is 10.2. The predicted octanol–water partition coefficient (Wildman–Crippen LogP) is 2.36. The molecule has 2 aromatic rings. The molecule has 2 amide bonds. The summed E-state index contributed by atoms with van der Waals surface area (Å²) in [6.07, 6.45) is 1.69. The Labute approximate surface area is 110 Å². The Morgan fingerprint density at radius 1 is 1.42 bits per heavy atom. The van der Waals surface area contributed by atoms with Crippen LogP contribution in [-0.2, 0) is 13.1 Å². The molecule has 6 heteroatoms. The van der Waals surface area contributed by atoms with Crippen LogP contribution in [0.4, 0.5) is 14.9 Å². The summed E-state index contributed by atoms with van der Waals surface area (Å²) < 4.78 is 14.7. The van der Waals surface area contributed by atoms with Crippen LogP contribution in [0.1, 0.15) is 12.6 Å². The Hall–Kier alpha value is -2.37. The van der Waals surface area contributed by atoms with E-state index in [9.17, 15) is 9.18 Å². The number of rotatable bonds is 4. The van der Waals surface area contributed by atoms with Gasteiger partial charge in [-0.25, -0.2) is 9.18 Å². The van der Waals surface area contributed by atoms with E-state index in [0.29, 0.717) is 12.2 Å². The first-order valence-electron chi connectivity index (χ1n) is 6.00. The molecule has 5 nitrogen and oxygen atoms in total. The molecule has 100 valence electrons. The highest BCUT2D eigenvalue weighted by Crippen LogP contribution is 2.08. The molecule has 0 saturated carbocycles. The van der Waals surface area contributed by atoms with Crippen LogP contribution in [0.2, 0.25) is 0 Å². The molecule has 0 unspecified atom stereocenters. The van der Waals surface area contributed by atoms with E-state index in [4.69, 9.17) is 0 Å². The van der Waals surface area contributed by atoms with Gasteiger partial charge in [-0.2, -0.15) is 5.10 Å². The van der Waals surface area contributed by atoms with Crippen LogP contribution in [0.5, 0.6) is 0 Å². The Morgan fingerprint density at radius 2 is 2.26 bits per heavy atom. The Morgan fingerprint density at radius 3 is 3.00 bits per heavy atom. The SMILES string of the molecule is CCn1nccc1CNC(=O)Nc1cccc(F)c1. The van der Waals surface area contributed by atoms with E-state index in [-0.39, 0.29) is 11.8 Å². The van der Waals surface area contributed by atoms with Crippen LogP contribution in [0.3, 0.4) is 0 Å². The van der Waals surface area contributed by atoms with Gasteiger partial charge in [0.05, 0.1) is 12.2 Å². The smallest absolute Gasteiger partial charge is 0.319 e. The lowest BCUT2D eigenvalue weighted by molar-refractivity contribution is 0.251. The number of nitrogens with zero attached hydrogens (tertiary/aromatic N) is 2. The fourth-order valence-electron chi connectivity index (χ4n) is 1.71. The number of carbonyl (C=O) groups is 1. The molecule has 19 heavy (non-hydrogen) atoms. The third-order valence-corrected chi connectivity index (χ3v) is 2.62. The molecule has 0 aliphatic rings. The topological polar surface area (TPSA) is 59.0 Å². The highest BCUT2D eigenvalue weighted by Gasteiger charge is 2.05. The van der Waals surface area contributed by atoms with Gasteiger partial charge in [0.15, 0.2) is 0 Å². The van der Waals surface area contributed by atoms with Gasteiger partial charge in [-0.3, -0.25) is 4.68 Å². The van der Waals surface area contributed by atoms with Crippen molar-refractivity contribution in [3.8, 4) is 0 Å². The molecule has 0 atom stereocenters. The lowest BCUT2D eigenvalue weighted by Gasteiger charge is -2.08. The lowest BCUT2D eigenvalue weighted by Crippen LogP contribution is -2.29. The van der Waals surface area contributed by atoms with Crippen molar-refractivity contribution in [1.29, 1.82) is 0 Å². The quantitative estimate of drug-likeness (QED) is 0.888. The third kappa shape index (κ3) is 3.54. The molecular weight excluding hydrogens is 247 g/mol. The summed E-state index contributed by atoms with van der Waals surface area (Å²) in [5.74, 6) is -0.387. The van der Waals surface area contributed by atoms with Crippen molar-refractivity contribution in [2.75, 3.05) is 5.32 Å². The molecule has 0 aliphatic carbocycles. The number of nitrogens with one attached hydrogen (secondary N) is 2. The number of halogens is 1. The zero-order chi connectivity index (χ0) is 13.7. The first-order valence-corrected chi connectivity index (χ1v) is 6.00. The molecule has 0 fully saturated rings. The average Bonchev–Trinajstić information content (AvgIpc) is 2.83. The molecule has 0 saturated heterocycles. The monoisotopic (exact) mass is 262 g/mol. The summed E-state index contributed by atoms with van der Waals surface area (Å²) in [5, 5.41) is 9.36. The maximum atomic E-state index is 12.9. The third-order valence-electron chi connectivity index (χ3n) is 2.62. The summed E-state index contributed by atoms with van der Waals surface area (Å²) in [6.45, 7) is 3.09. The van der Waals surface area contributed by atoms with Crippen LogP contribution in [0, 0.1) is 5.82 Å². The summed E-state index contributed by atoms with van der Waals surface area (Å²) in [7, 11) is 0. The zero-order valence-corrected chi connectivity index (χ0v) is 10.6. The van der Waals surface area contributed by atoms with Crippen molar-refractivity contribution in [1.82, 2.24) is 15.1 Å². The molecule has 0 radical (unpaired) electrons. The van der Waals surface area contributed by atoms with Gasteiger partial charge >= 0.3 is 6.03 Å². The highest BCUT2D eigenvalue weighted by molar-refractivity contribution is 5.89. The number of benzene rings is 1. The summed E-state index contributed by atoms with van der Waals surface area (Å²) in [4.78, 5) is 11.6. The molecule has 1 heterocycles. The minimum atomic E-state index is -0.387. The van der Waals surface area contributed by atoms with Crippen LogP contribution >= 0.6 is 0 Å². The average molecular weight is 262 g/mol. The van der Waals surface area contributed by atoms with Gasteiger partial charge < -0.3 is 10.6 Å². The van der Waals surface area contributed by atoms with Crippen molar-refractivity contribution < 1.29 is 9.18 Å². The number of hydrogen-bond acceptors (Lipinski definition) is 2. The number of anilines is 1. The summed E-state index contributed by atoms with van der Waals surface area (Å²) in [6, 6.07) is 7.20. The fraction of sp³-hybridized carbons (Fsp3) is 0.231. The van der Waals surface area contributed by atoms with Crippen molar-refractivity contribution in [3.05, 3.63) is 48.0 Å². The van der Waals surface area contributed by atoms with E-state index in [2.05, 4.69) is 15.7 Å². The second kappa shape index (κ2) is 5.99. The molecular formula is C13H15FN4O. The van der Waals surface area contributed by atoms with Crippen molar-refractivity contribution in [2.45, 2.75) is 20.0 Å². The lowest BCUT2D eigenvalue weighted by atomic mass is 10.3. The van der Waals surface area contributed by atoms with Crippen LogP contribution < -0.4 is 10.6 Å². The zero-order valence-electron chi connectivity index (χ0n) is 10.6. The van der Waals surface area contributed by atoms with E-state index in [0.717, 1.165) is 12.2 Å².